The second-order valence-corrected chi connectivity index (χ2v) is 5.99. The molecule has 0 N–H and O–H groups in total. The molecule has 1 saturated carbocycles. The van der Waals surface area contributed by atoms with Crippen LogP contribution in [-0.4, -0.2) is 29.4 Å². The van der Waals surface area contributed by atoms with E-state index in [1.54, 1.807) is 0 Å². The van der Waals surface area contributed by atoms with E-state index < -0.39 is 0 Å². The van der Waals surface area contributed by atoms with Gasteiger partial charge in [-0.15, -0.1) is 0 Å². The number of alkyl halides is 1. The average Bonchev–Trinajstić information content (AvgIpc) is 3.25. The van der Waals surface area contributed by atoms with Gasteiger partial charge in [0.25, 0.3) is 0 Å². The van der Waals surface area contributed by atoms with Crippen LogP contribution in [0.4, 0.5) is 0 Å². The lowest BCUT2D eigenvalue weighted by molar-refractivity contribution is 0.248. The molecule has 2 heteroatoms. The van der Waals surface area contributed by atoms with Crippen LogP contribution in [-0.2, 0) is 0 Å². The van der Waals surface area contributed by atoms with Gasteiger partial charge in [0.05, 0.1) is 0 Å². The molecule has 0 amide bonds. The molecule has 1 aliphatic carbocycles. The van der Waals surface area contributed by atoms with Crippen molar-refractivity contribution in [2.24, 2.45) is 0 Å². The van der Waals surface area contributed by atoms with E-state index in [0.717, 1.165) is 11.4 Å². The summed E-state index contributed by atoms with van der Waals surface area (Å²) in [5.41, 5.74) is 1.47. The van der Waals surface area contributed by atoms with E-state index in [4.69, 9.17) is 0 Å². The highest BCUT2D eigenvalue weighted by molar-refractivity contribution is 9.09. The van der Waals surface area contributed by atoms with Crippen LogP contribution >= 0.6 is 15.9 Å². The van der Waals surface area contributed by atoms with Crippen LogP contribution in [0, 0.1) is 0 Å². The van der Waals surface area contributed by atoms with Gasteiger partial charge in [-0.2, -0.15) is 0 Å². The third-order valence-electron chi connectivity index (χ3n) is 3.77. The monoisotopic (exact) mass is 309 g/mol. The first-order valence-electron chi connectivity index (χ1n) is 7.20. The molecule has 0 aliphatic heterocycles. The third kappa shape index (κ3) is 4.10. The predicted molar refractivity (Wildman–Crippen MR) is 82.5 cm³/mol. The van der Waals surface area contributed by atoms with Crippen LogP contribution in [0.5, 0.6) is 0 Å². The summed E-state index contributed by atoms with van der Waals surface area (Å²) in [6, 6.07) is 11.8. The van der Waals surface area contributed by atoms with E-state index in [9.17, 15) is 0 Å². The van der Waals surface area contributed by atoms with Crippen molar-refractivity contribution in [1.82, 2.24) is 4.90 Å². The van der Waals surface area contributed by atoms with Gasteiger partial charge in [0.2, 0.25) is 0 Å². The largest absolute Gasteiger partial charge is 0.300 e. The Bertz CT molecular complexity index is 334. The van der Waals surface area contributed by atoms with Gasteiger partial charge in [0, 0.05) is 23.8 Å². The topological polar surface area (TPSA) is 3.24 Å². The number of hydrogen-bond acceptors (Lipinski definition) is 1. The van der Waals surface area contributed by atoms with Crippen molar-refractivity contribution in [3.05, 3.63) is 35.9 Å². The molecule has 0 heterocycles. The zero-order chi connectivity index (χ0) is 12.8. The van der Waals surface area contributed by atoms with Crippen LogP contribution in [0.15, 0.2) is 30.3 Å². The summed E-state index contributed by atoms with van der Waals surface area (Å²) in [5, 5.41) is 1.06. The highest BCUT2D eigenvalue weighted by atomic mass is 79.9. The lowest BCUT2D eigenvalue weighted by atomic mass is 10.0. The summed E-state index contributed by atoms with van der Waals surface area (Å²) in [4.78, 5) is 2.71. The minimum Gasteiger partial charge on any atom is -0.300 e. The zero-order valence-corrected chi connectivity index (χ0v) is 12.9. The SMILES string of the molecule is CCCCN(CC(CBr)c1ccccc1)C1CC1. The second-order valence-electron chi connectivity index (χ2n) is 5.34. The maximum atomic E-state index is 3.69. The minimum atomic E-state index is 0.628. The molecule has 0 radical (unpaired) electrons. The summed E-state index contributed by atoms with van der Waals surface area (Å²) < 4.78 is 0. The average molecular weight is 310 g/mol. The Balaban J connectivity index is 1.95. The van der Waals surface area contributed by atoms with Crippen molar-refractivity contribution in [3.8, 4) is 0 Å². The van der Waals surface area contributed by atoms with Crippen molar-refractivity contribution in [3.63, 3.8) is 0 Å². The molecule has 2 rings (SSSR count). The molecule has 0 bridgehead atoms. The first kappa shape index (κ1) is 14.1. The molecule has 1 unspecified atom stereocenters. The quantitative estimate of drug-likeness (QED) is 0.642. The lowest BCUT2D eigenvalue weighted by Gasteiger charge is -2.26. The summed E-state index contributed by atoms with van der Waals surface area (Å²) in [6.45, 7) is 4.77. The van der Waals surface area contributed by atoms with Gasteiger partial charge in [-0.3, -0.25) is 4.90 Å². The standard InChI is InChI=1S/C16H24BrN/c1-2-3-11-18(16-9-10-16)13-15(12-17)14-7-5-4-6-8-14/h4-8,15-16H,2-3,9-13H2,1H3. The van der Waals surface area contributed by atoms with Crippen LogP contribution in [0.3, 0.4) is 0 Å². The zero-order valence-electron chi connectivity index (χ0n) is 11.3. The maximum absolute atomic E-state index is 3.69. The highest BCUT2D eigenvalue weighted by Crippen LogP contribution is 2.30. The first-order chi connectivity index (χ1) is 8.85. The molecular formula is C16H24BrN. The molecule has 1 fully saturated rings. The number of unbranched alkanes of at least 4 members (excludes halogenated alkanes) is 1. The maximum Gasteiger partial charge on any atom is 0.0112 e. The molecule has 18 heavy (non-hydrogen) atoms. The van der Waals surface area contributed by atoms with Gasteiger partial charge >= 0.3 is 0 Å². The normalized spacial score (nSPS) is 17.1. The van der Waals surface area contributed by atoms with Gasteiger partial charge in [0.1, 0.15) is 0 Å². The number of halogens is 1. The van der Waals surface area contributed by atoms with E-state index in [2.05, 4.69) is 58.1 Å². The molecule has 100 valence electrons. The summed E-state index contributed by atoms with van der Waals surface area (Å²) in [7, 11) is 0. The van der Waals surface area contributed by atoms with Crippen LogP contribution in [0.2, 0.25) is 0 Å². The van der Waals surface area contributed by atoms with Crippen molar-refractivity contribution < 1.29 is 0 Å². The molecule has 0 spiro atoms. The van der Waals surface area contributed by atoms with Crippen LogP contribution in [0.25, 0.3) is 0 Å². The fourth-order valence-corrected chi connectivity index (χ4v) is 3.05. The second kappa shape index (κ2) is 7.30. The summed E-state index contributed by atoms with van der Waals surface area (Å²) >= 11 is 3.69. The Labute approximate surface area is 120 Å². The van der Waals surface area contributed by atoms with Crippen LogP contribution < -0.4 is 0 Å². The van der Waals surface area contributed by atoms with Crippen molar-refractivity contribution in [2.45, 2.75) is 44.6 Å². The Kier molecular flexibility index (Phi) is 5.71. The fourth-order valence-electron chi connectivity index (χ4n) is 2.48. The number of rotatable bonds is 8. The van der Waals surface area contributed by atoms with E-state index >= 15 is 0 Å². The number of benzene rings is 1. The summed E-state index contributed by atoms with van der Waals surface area (Å²) in [6.07, 6.45) is 5.45. The number of hydrogen-bond donors (Lipinski definition) is 0. The Morgan fingerprint density at radius 1 is 1.28 bits per heavy atom. The molecule has 1 atom stereocenters. The minimum absolute atomic E-state index is 0.628. The van der Waals surface area contributed by atoms with Crippen LogP contribution in [0.1, 0.15) is 44.1 Å². The Morgan fingerprint density at radius 3 is 2.56 bits per heavy atom. The van der Waals surface area contributed by atoms with Gasteiger partial charge in [-0.25, -0.2) is 0 Å². The third-order valence-corrected chi connectivity index (χ3v) is 4.56. The molecule has 1 aromatic rings. The Morgan fingerprint density at radius 2 is 2.00 bits per heavy atom. The molecule has 0 saturated heterocycles. The first-order valence-corrected chi connectivity index (χ1v) is 8.32. The van der Waals surface area contributed by atoms with E-state index in [1.165, 1.54) is 44.3 Å². The molecule has 1 aliphatic rings. The van der Waals surface area contributed by atoms with Crippen molar-refractivity contribution in [1.29, 1.82) is 0 Å². The van der Waals surface area contributed by atoms with Crippen molar-refractivity contribution >= 4 is 15.9 Å². The molecule has 1 nitrogen and oxygen atoms in total. The fraction of sp³-hybridized carbons (Fsp3) is 0.625. The van der Waals surface area contributed by atoms with E-state index in [1.807, 2.05) is 0 Å². The van der Waals surface area contributed by atoms with Gasteiger partial charge in [-0.1, -0.05) is 59.6 Å². The van der Waals surface area contributed by atoms with Gasteiger partial charge < -0.3 is 0 Å². The van der Waals surface area contributed by atoms with Gasteiger partial charge in [-0.05, 0) is 31.4 Å². The smallest absolute Gasteiger partial charge is 0.0112 e. The summed E-state index contributed by atoms with van der Waals surface area (Å²) in [5.74, 6) is 0.628. The molecular weight excluding hydrogens is 286 g/mol. The molecule has 0 aromatic heterocycles. The van der Waals surface area contributed by atoms with Gasteiger partial charge in [0.15, 0.2) is 0 Å². The molecule has 1 aromatic carbocycles. The van der Waals surface area contributed by atoms with E-state index in [0.29, 0.717) is 5.92 Å². The predicted octanol–water partition coefficient (Wildman–Crippen LogP) is 4.43. The Hall–Kier alpha value is -0.340. The van der Waals surface area contributed by atoms with E-state index in [-0.39, 0.29) is 0 Å². The highest BCUT2D eigenvalue weighted by Gasteiger charge is 2.30. The number of nitrogens with zero attached hydrogens (tertiary/aromatic N) is 1. The lowest BCUT2D eigenvalue weighted by Crippen LogP contribution is -2.32. The van der Waals surface area contributed by atoms with Crippen molar-refractivity contribution in [2.75, 3.05) is 18.4 Å².